The molecular formula is C20H23FN2O3. The zero-order valence-corrected chi connectivity index (χ0v) is 15.2. The lowest BCUT2D eigenvalue weighted by atomic mass is 10.2. The van der Waals surface area contributed by atoms with Crippen molar-refractivity contribution in [2.45, 2.75) is 33.3 Å². The molecule has 2 rings (SSSR count). The van der Waals surface area contributed by atoms with E-state index in [9.17, 15) is 14.0 Å². The van der Waals surface area contributed by atoms with Gasteiger partial charge in [0.1, 0.15) is 11.6 Å². The number of benzene rings is 2. The molecule has 0 aliphatic rings. The summed E-state index contributed by atoms with van der Waals surface area (Å²) in [7, 11) is 0. The maximum absolute atomic E-state index is 13.0. The van der Waals surface area contributed by atoms with E-state index in [2.05, 4.69) is 5.32 Å². The number of hydrogen-bond donors (Lipinski definition) is 1. The van der Waals surface area contributed by atoms with E-state index in [1.54, 1.807) is 24.3 Å². The van der Waals surface area contributed by atoms with E-state index < -0.39 is 0 Å². The Hall–Kier alpha value is -2.89. The first kappa shape index (κ1) is 19.4. The number of carbonyl (C=O) groups is 2. The minimum atomic E-state index is -0.375. The largest absolute Gasteiger partial charge is 0.491 e. The summed E-state index contributed by atoms with van der Waals surface area (Å²) in [6.45, 7) is 5.51. The molecule has 0 unspecified atom stereocenters. The number of ether oxygens (including phenoxy) is 1. The number of nitrogens with zero attached hydrogens (tertiary/aromatic N) is 1. The predicted octanol–water partition coefficient (Wildman–Crippen LogP) is 3.99. The first-order valence-corrected chi connectivity index (χ1v) is 8.45. The van der Waals surface area contributed by atoms with Crippen LogP contribution < -0.4 is 15.0 Å². The standard InChI is InChI=1S/C20H23FN2O3/c1-14(2)26-19-10-6-17(7-11-19)22-20(25)12-13-23(15(3)24)18-8-4-16(21)5-9-18/h4-11,14H,12-13H2,1-3H3,(H,22,25). The van der Waals surface area contributed by atoms with Gasteiger partial charge in [0.05, 0.1) is 6.10 Å². The first-order valence-electron chi connectivity index (χ1n) is 8.45. The van der Waals surface area contributed by atoms with Crippen LogP contribution in [0.3, 0.4) is 0 Å². The van der Waals surface area contributed by atoms with Crippen molar-refractivity contribution in [1.82, 2.24) is 0 Å². The Bertz CT molecular complexity index is 743. The molecular weight excluding hydrogens is 335 g/mol. The van der Waals surface area contributed by atoms with E-state index in [4.69, 9.17) is 4.74 Å². The van der Waals surface area contributed by atoms with Crippen LogP contribution in [0.2, 0.25) is 0 Å². The second-order valence-corrected chi connectivity index (χ2v) is 6.14. The number of hydrogen-bond acceptors (Lipinski definition) is 3. The Labute approximate surface area is 152 Å². The van der Waals surface area contributed by atoms with Crippen molar-refractivity contribution in [2.24, 2.45) is 0 Å². The van der Waals surface area contributed by atoms with Crippen LogP contribution in [0.5, 0.6) is 5.75 Å². The van der Waals surface area contributed by atoms with Crippen molar-refractivity contribution in [3.8, 4) is 5.75 Å². The van der Waals surface area contributed by atoms with E-state index in [1.165, 1.54) is 36.1 Å². The molecule has 6 heteroatoms. The molecule has 0 saturated heterocycles. The summed E-state index contributed by atoms with van der Waals surface area (Å²) in [6.07, 6.45) is 0.209. The van der Waals surface area contributed by atoms with Crippen LogP contribution >= 0.6 is 0 Å². The van der Waals surface area contributed by atoms with Crippen molar-refractivity contribution in [3.05, 3.63) is 54.3 Å². The molecule has 0 bridgehead atoms. The second kappa shape index (κ2) is 8.99. The minimum Gasteiger partial charge on any atom is -0.491 e. The zero-order chi connectivity index (χ0) is 19.1. The van der Waals surface area contributed by atoms with E-state index >= 15 is 0 Å². The Morgan fingerprint density at radius 1 is 1.08 bits per heavy atom. The van der Waals surface area contributed by atoms with Gasteiger partial charge >= 0.3 is 0 Å². The highest BCUT2D eigenvalue weighted by Crippen LogP contribution is 2.18. The Balaban J connectivity index is 1.91. The van der Waals surface area contributed by atoms with Crippen LogP contribution in [0.4, 0.5) is 15.8 Å². The fourth-order valence-electron chi connectivity index (χ4n) is 2.42. The average molecular weight is 358 g/mol. The third-order valence-corrected chi connectivity index (χ3v) is 3.59. The zero-order valence-electron chi connectivity index (χ0n) is 15.2. The summed E-state index contributed by atoms with van der Waals surface area (Å²) in [4.78, 5) is 25.4. The fourth-order valence-corrected chi connectivity index (χ4v) is 2.42. The molecule has 0 fully saturated rings. The van der Waals surface area contributed by atoms with Gasteiger partial charge < -0.3 is 15.0 Å². The molecule has 2 amide bonds. The lowest BCUT2D eigenvalue weighted by Crippen LogP contribution is -2.31. The highest BCUT2D eigenvalue weighted by atomic mass is 19.1. The molecule has 0 heterocycles. The molecule has 26 heavy (non-hydrogen) atoms. The maximum Gasteiger partial charge on any atom is 0.226 e. The summed E-state index contributed by atoms with van der Waals surface area (Å²) in [5.74, 6) is -0.0626. The highest BCUT2D eigenvalue weighted by Gasteiger charge is 2.13. The van der Waals surface area contributed by atoms with Gasteiger partial charge in [-0.15, -0.1) is 0 Å². The van der Waals surface area contributed by atoms with Gasteiger partial charge in [-0.05, 0) is 62.4 Å². The normalized spacial score (nSPS) is 10.5. The SMILES string of the molecule is CC(=O)N(CCC(=O)Nc1ccc(OC(C)C)cc1)c1ccc(F)cc1. The van der Waals surface area contributed by atoms with Crippen LogP contribution in [0, 0.1) is 5.82 Å². The predicted molar refractivity (Wildman–Crippen MR) is 99.9 cm³/mol. The Morgan fingerprint density at radius 2 is 1.69 bits per heavy atom. The van der Waals surface area contributed by atoms with Gasteiger partial charge in [0, 0.05) is 31.3 Å². The number of rotatable bonds is 7. The number of nitrogens with one attached hydrogen (secondary N) is 1. The summed E-state index contributed by atoms with van der Waals surface area (Å²) in [6, 6.07) is 12.7. The third-order valence-electron chi connectivity index (χ3n) is 3.59. The van der Waals surface area contributed by atoms with Crippen LogP contribution in [0.1, 0.15) is 27.2 Å². The molecule has 2 aromatic carbocycles. The molecule has 5 nitrogen and oxygen atoms in total. The lowest BCUT2D eigenvalue weighted by molar-refractivity contribution is -0.117. The average Bonchev–Trinajstić information content (AvgIpc) is 2.57. The quantitative estimate of drug-likeness (QED) is 0.814. The smallest absolute Gasteiger partial charge is 0.226 e. The fraction of sp³-hybridized carbons (Fsp3) is 0.300. The maximum atomic E-state index is 13.0. The summed E-state index contributed by atoms with van der Waals surface area (Å²) in [5, 5.41) is 2.78. The van der Waals surface area contributed by atoms with E-state index in [0.29, 0.717) is 11.4 Å². The minimum absolute atomic E-state index is 0.0828. The first-order chi connectivity index (χ1) is 12.3. The monoisotopic (exact) mass is 358 g/mol. The molecule has 0 atom stereocenters. The number of carbonyl (C=O) groups excluding carboxylic acids is 2. The molecule has 0 aromatic heterocycles. The van der Waals surface area contributed by atoms with Gasteiger partial charge in [-0.2, -0.15) is 0 Å². The molecule has 0 radical (unpaired) electrons. The second-order valence-electron chi connectivity index (χ2n) is 6.14. The molecule has 1 N–H and O–H groups in total. The summed E-state index contributed by atoms with van der Waals surface area (Å²) >= 11 is 0. The molecule has 138 valence electrons. The van der Waals surface area contributed by atoms with Gasteiger partial charge in [0.15, 0.2) is 0 Å². The van der Waals surface area contributed by atoms with Gasteiger partial charge in [-0.1, -0.05) is 0 Å². The van der Waals surface area contributed by atoms with Gasteiger partial charge in [-0.25, -0.2) is 4.39 Å². The molecule has 0 saturated carbocycles. The number of halogens is 1. The molecule has 2 aromatic rings. The summed E-state index contributed by atoms with van der Waals surface area (Å²) < 4.78 is 18.6. The number of anilines is 2. The van der Waals surface area contributed by atoms with E-state index in [1.807, 2.05) is 13.8 Å². The van der Waals surface area contributed by atoms with Crippen molar-refractivity contribution in [3.63, 3.8) is 0 Å². The topological polar surface area (TPSA) is 58.6 Å². The third kappa shape index (κ3) is 5.88. The van der Waals surface area contributed by atoms with Crippen molar-refractivity contribution in [1.29, 1.82) is 0 Å². The summed E-state index contributed by atoms with van der Waals surface area (Å²) in [5.41, 5.74) is 1.21. The number of amides is 2. The van der Waals surface area contributed by atoms with E-state index in [0.717, 1.165) is 5.75 Å². The van der Waals surface area contributed by atoms with Crippen LogP contribution in [-0.4, -0.2) is 24.5 Å². The van der Waals surface area contributed by atoms with Crippen LogP contribution in [-0.2, 0) is 9.59 Å². The molecule has 0 aliphatic heterocycles. The van der Waals surface area contributed by atoms with E-state index in [-0.39, 0.29) is 36.7 Å². The van der Waals surface area contributed by atoms with Crippen molar-refractivity contribution < 1.29 is 18.7 Å². The van der Waals surface area contributed by atoms with Gasteiger partial charge in [0.25, 0.3) is 0 Å². The Morgan fingerprint density at radius 3 is 2.23 bits per heavy atom. The molecule has 0 aliphatic carbocycles. The van der Waals surface area contributed by atoms with Crippen molar-refractivity contribution in [2.75, 3.05) is 16.8 Å². The lowest BCUT2D eigenvalue weighted by Gasteiger charge is -2.21. The molecule has 0 spiro atoms. The highest BCUT2D eigenvalue weighted by molar-refractivity contribution is 5.94. The van der Waals surface area contributed by atoms with Crippen LogP contribution in [0.15, 0.2) is 48.5 Å². The van der Waals surface area contributed by atoms with Gasteiger partial charge in [0.2, 0.25) is 11.8 Å². The van der Waals surface area contributed by atoms with Crippen molar-refractivity contribution >= 4 is 23.2 Å². The Kier molecular flexibility index (Phi) is 6.72. The van der Waals surface area contributed by atoms with Crippen LogP contribution in [0.25, 0.3) is 0 Å². The van der Waals surface area contributed by atoms with Gasteiger partial charge in [-0.3, -0.25) is 9.59 Å².